The molecule has 0 aromatic heterocycles. The lowest BCUT2D eigenvalue weighted by Gasteiger charge is -2.12. The van der Waals surface area contributed by atoms with Crippen molar-refractivity contribution in [3.05, 3.63) is 24.3 Å². The molecule has 0 unspecified atom stereocenters. The second-order valence-electron chi connectivity index (χ2n) is 4.48. The van der Waals surface area contributed by atoms with Crippen LogP contribution < -0.4 is 10.0 Å². The van der Waals surface area contributed by atoms with Crippen molar-refractivity contribution in [3.8, 4) is 0 Å². The Bertz CT molecular complexity index is 490. The number of unbranched alkanes of at least 4 members (excludes halogenated alkanes) is 2. The Balaban J connectivity index is 2.56. The zero-order valence-electron chi connectivity index (χ0n) is 12.2. The summed E-state index contributed by atoms with van der Waals surface area (Å²) in [4.78, 5) is 0.325. The maximum absolute atomic E-state index is 12.3. The third-order valence-corrected chi connectivity index (χ3v) is 5.08. The van der Waals surface area contributed by atoms with Gasteiger partial charge in [-0.25, -0.2) is 13.1 Å². The zero-order valence-corrected chi connectivity index (χ0v) is 13.8. The summed E-state index contributed by atoms with van der Waals surface area (Å²) in [6, 6.07) is 7.00. The number of sulfonamides is 1. The first-order valence-electron chi connectivity index (χ1n) is 6.93. The average molecular weight is 316 g/mol. The van der Waals surface area contributed by atoms with Gasteiger partial charge in [0.1, 0.15) is 4.90 Å². The minimum Gasteiger partial charge on any atom is -0.384 e. The van der Waals surface area contributed by atoms with Crippen molar-refractivity contribution >= 4 is 27.5 Å². The molecule has 0 atom stereocenters. The number of hydrogen-bond donors (Lipinski definition) is 2. The van der Waals surface area contributed by atoms with Gasteiger partial charge < -0.3 is 5.32 Å². The maximum atomic E-state index is 12.3. The van der Waals surface area contributed by atoms with Gasteiger partial charge in [-0.05, 0) is 43.9 Å². The van der Waals surface area contributed by atoms with Crippen molar-refractivity contribution in [2.24, 2.45) is 0 Å². The van der Waals surface area contributed by atoms with E-state index in [0.717, 1.165) is 25.0 Å². The predicted molar refractivity (Wildman–Crippen MR) is 88.0 cm³/mol. The fraction of sp³-hybridized carbons (Fsp3) is 0.571. The summed E-state index contributed by atoms with van der Waals surface area (Å²) in [5.41, 5.74) is 0.657. The van der Waals surface area contributed by atoms with E-state index in [1.807, 2.05) is 24.8 Å². The van der Waals surface area contributed by atoms with E-state index in [1.165, 1.54) is 0 Å². The zero-order chi connectivity index (χ0) is 14.8. The van der Waals surface area contributed by atoms with Crippen LogP contribution in [0.5, 0.6) is 0 Å². The van der Waals surface area contributed by atoms with Crippen LogP contribution in [0.2, 0.25) is 0 Å². The van der Waals surface area contributed by atoms with Crippen molar-refractivity contribution in [2.75, 3.05) is 30.4 Å². The fourth-order valence-corrected chi connectivity index (χ4v) is 3.62. The molecule has 0 saturated carbocycles. The van der Waals surface area contributed by atoms with Crippen LogP contribution in [-0.2, 0) is 10.0 Å². The normalized spacial score (nSPS) is 11.5. The second kappa shape index (κ2) is 9.26. The Labute approximate surface area is 126 Å². The summed E-state index contributed by atoms with van der Waals surface area (Å²) in [6.07, 6.45) is 5.15. The van der Waals surface area contributed by atoms with Gasteiger partial charge in [0.2, 0.25) is 10.0 Å². The molecule has 0 radical (unpaired) electrons. The van der Waals surface area contributed by atoms with Gasteiger partial charge >= 0.3 is 0 Å². The fourth-order valence-electron chi connectivity index (χ4n) is 1.87. The average Bonchev–Trinajstić information content (AvgIpc) is 2.43. The standard InChI is InChI=1S/C14H24N2O2S2/c1-3-15-13-9-5-6-10-14(13)20(17,18)16-11-7-4-8-12-19-2/h5-6,9-10,15-16H,3-4,7-8,11-12H2,1-2H3. The summed E-state index contributed by atoms with van der Waals surface area (Å²) < 4.78 is 27.2. The van der Waals surface area contributed by atoms with Gasteiger partial charge in [-0.15, -0.1) is 0 Å². The topological polar surface area (TPSA) is 58.2 Å². The molecule has 0 amide bonds. The highest BCUT2D eigenvalue weighted by Gasteiger charge is 2.16. The third kappa shape index (κ3) is 5.73. The molecule has 0 aliphatic rings. The Kier molecular flexibility index (Phi) is 8.02. The highest BCUT2D eigenvalue weighted by molar-refractivity contribution is 7.98. The summed E-state index contributed by atoms with van der Waals surface area (Å²) in [5, 5.41) is 3.08. The molecule has 0 saturated heterocycles. The molecule has 20 heavy (non-hydrogen) atoms. The van der Waals surface area contributed by atoms with Crippen LogP contribution in [0.1, 0.15) is 26.2 Å². The SMILES string of the molecule is CCNc1ccccc1S(=O)(=O)NCCCCCSC. The van der Waals surface area contributed by atoms with Crippen LogP contribution in [0.3, 0.4) is 0 Å². The lowest BCUT2D eigenvalue weighted by Crippen LogP contribution is -2.25. The number of rotatable bonds is 10. The number of benzene rings is 1. The molecule has 0 heterocycles. The molecule has 4 nitrogen and oxygen atoms in total. The van der Waals surface area contributed by atoms with Crippen LogP contribution in [-0.4, -0.2) is 33.5 Å². The third-order valence-electron chi connectivity index (χ3n) is 2.86. The number of para-hydroxylation sites is 1. The summed E-state index contributed by atoms with van der Waals surface area (Å²) in [5.74, 6) is 1.13. The Morgan fingerprint density at radius 1 is 1.15 bits per heavy atom. The van der Waals surface area contributed by atoms with Crippen molar-refractivity contribution in [2.45, 2.75) is 31.1 Å². The lowest BCUT2D eigenvalue weighted by molar-refractivity contribution is 0.576. The van der Waals surface area contributed by atoms with Gasteiger partial charge in [-0.2, -0.15) is 11.8 Å². The van der Waals surface area contributed by atoms with Gasteiger partial charge in [-0.1, -0.05) is 18.6 Å². The van der Waals surface area contributed by atoms with Gasteiger partial charge in [-0.3, -0.25) is 0 Å². The number of thioether (sulfide) groups is 1. The molecular formula is C14H24N2O2S2. The molecule has 114 valence electrons. The summed E-state index contributed by atoms with van der Waals surface area (Å²) >= 11 is 1.82. The maximum Gasteiger partial charge on any atom is 0.242 e. The van der Waals surface area contributed by atoms with Crippen molar-refractivity contribution in [3.63, 3.8) is 0 Å². The molecule has 0 aliphatic heterocycles. The van der Waals surface area contributed by atoms with Crippen LogP contribution in [0, 0.1) is 0 Å². The first-order chi connectivity index (χ1) is 9.61. The molecule has 2 N–H and O–H groups in total. The van der Waals surface area contributed by atoms with Gasteiger partial charge in [0.05, 0.1) is 5.69 Å². The Hall–Kier alpha value is -0.720. The Morgan fingerprint density at radius 3 is 2.60 bits per heavy atom. The van der Waals surface area contributed by atoms with Crippen LogP contribution >= 0.6 is 11.8 Å². The van der Waals surface area contributed by atoms with E-state index in [1.54, 1.807) is 18.2 Å². The van der Waals surface area contributed by atoms with Crippen LogP contribution in [0.25, 0.3) is 0 Å². The van der Waals surface area contributed by atoms with Gasteiger partial charge in [0, 0.05) is 13.1 Å². The smallest absolute Gasteiger partial charge is 0.242 e. The van der Waals surface area contributed by atoms with E-state index in [0.29, 0.717) is 23.7 Å². The van der Waals surface area contributed by atoms with E-state index < -0.39 is 10.0 Å². The molecule has 0 fully saturated rings. The quantitative estimate of drug-likeness (QED) is 0.652. The van der Waals surface area contributed by atoms with Gasteiger partial charge in [0.15, 0.2) is 0 Å². The number of anilines is 1. The van der Waals surface area contributed by atoms with Crippen LogP contribution in [0.15, 0.2) is 29.2 Å². The van der Waals surface area contributed by atoms with E-state index in [2.05, 4.69) is 16.3 Å². The van der Waals surface area contributed by atoms with E-state index >= 15 is 0 Å². The highest BCUT2D eigenvalue weighted by atomic mass is 32.2. The molecule has 1 aromatic rings. The van der Waals surface area contributed by atoms with Gasteiger partial charge in [0.25, 0.3) is 0 Å². The molecule has 0 aliphatic carbocycles. The van der Waals surface area contributed by atoms with Crippen molar-refractivity contribution in [1.29, 1.82) is 0 Å². The number of hydrogen-bond acceptors (Lipinski definition) is 4. The summed E-state index contributed by atoms with van der Waals surface area (Å²) in [6.45, 7) is 3.14. The molecule has 0 spiro atoms. The molecule has 0 bridgehead atoms. The van der Waals surface area contributed by atoms with Crippen molar-refractivity contribution < 1.29 is 8.42 Å². The van der Waals surface area contributed by atoms with E-state index in [-0.39, 0.29) is 0 Å². The summed E-state index contributed by atoms with van der Waals surface area (Å²) in [7, 11) is -3.42. The second-order valence-corrected chi connectivity index (χ2v) is 7.20. The largest absolute Gasteiger partial charge is 0.384 e. The number of nitrogens with one attached hydrogen (secondary N) is 2. The molecule has 6 heteroatoms. The predicted octanol–water partition coefficient (Wildman–Crippen LogP) is 2.93. The van der Waals surface area contributed by atoms with Crippen molar-refractivity contribution in [1.82, 2.24) is 4.72 Å². The first-order valence-corrected chi connectivity index (χ1v) is 9.81. The lowest BCUT2D eigenvalue weighted by atomic mass is 10.2. The minimum absolute atomic E-state index is 0.325. The molecule has 1 aromatic carbocycles. The first kappa shape index (κ1) is 17.3. The minimum atomic E-state index is -3.42. The van der Waals surface area contributed by atoms with E-state index in [9.17, 15) is 8.42 Å². The van der Waals surface area contributed by atoms with Crippen LogP contribution in [0.4, 0.5) is 5.69 Å². The highest BCUT2D eigenvalue weighted by Crippen LogP contribution is 2.20. The monoisotopic (exact) mass is 316 g/mol. The van der Waals surface area contributed by atoms with E-state index in [4.69, 9.17) is 0 Å². The molecule has 1 rings (SSSR count). The Morgan fingerprint density at radius 2 is 1.90 bits per heavy atom. The molecular weight excluding hydrogens is 292 g/mol.